The maximum Gasteiger partial charge on any atom is 0.314 e. The summed E-state index contributed by atoms with van der Waals surface area (Å²) in [6.45, 7) is 1.51. The molecule has 0 aliphatic heterocycles. The smallest absolute Gasteiger partial charge is 0.314 e. The van der Waals surface area contributed by atoms with E-state index in [1.807, 2.05) is 0 Å². The maximum atomic E-state index is 13.7. The van der Waals surface area contributed by atoms with Gasteiger partial charge < -0.3 is 5.11 Å². The van der Waals surface area contributed by atoms with Crippen LogP contribution in [-0.2, 0) is 16.6 Å². The Morgan fingerprint density at radius 2 is 1.70 bits per heavy atom. The number of carbonyl (C=O) groups is 1. The number of halogens is 2. The summed E-state index contributed by atoms with van der Waals surface area (Å²) in [5.41, 5.74) is -0.549. The Balaban J connectivity index is 2.43. The molecule has 1 N–H and O–H groups in total. The lowest BCUT2D eigenvalue weighted by Crippen LogP contribution is -2.35. The summed E-state index contributed by atoms with van der Waals surface area (Å²) in [6, 6.07) is 11.3. The minimum Gasteiger partial charge on any atom is -0.481 e. The average molecular weight is 276 g/mol. The highest BCUT2D eigenvalue weighted by atomic mass is 19.1. The molecule has 2 nitrogen and oxygen atoms in total. The van der Waals surface area contributed by atoms with Crippen molar-refractivity contribution in [2.24, 2.45) is 0 Å². The standard InChI is InChI=1S/C16H14F2O2/c1-16(15(19)20,12-6-8-13(17)9-7-12)10-11-4-2-3-5-14(11)18/h2-9H,10H2,1H3,(H,19,20). The van der Waals surface area contributed by atoms with Crippen molar-refractivity contribution in [2.45, 2.75) is 18.8 Å². The van der Waals surface area contributed by atoms with Crippen LogP contribution in [0.15, 0.2) is 48.5 Å². The first-order valence-electron chi connectivity index (χ1n) is 6.16. The van der Waals surface area contributed by atoms with Crippen molar-refractivity contribution in [1.29, 1.82) is 0 Å². The Hall–Kier alpha value is -2.23. The summed E-state index contributed by atoms with van der Waals surface area (Å²) in [5.74, 6) is -1.96. The zero-order valence-corrected chi connectivity index (χ0v) is 10.9. The van der Waals surface area contributed by atoms with E-state index in [1.165, 1.54) is 37.3 Å². The molecule has 2 rings (SSSR count). The first-order chi connectivity index (χ1) is 9.43. The zero-order valence-electron chi connectivity index (χ0n) is 10.9. The van der Waals surface area contributed by atoms with Crippen molar-refractivity contribution in [3.8, 4) is 0 Å². The molecule has 0 fully saturated rings. The van der Waals surface area contributed by atoms with E-state index in [2.05, 4.69) is 0 Å². The number of aliphatic carboxylic acids is 1. The molecule has 2 aromatic rings. The van der Waals surface area contributed by atoms with E-state index in [9.17, 15) is 18.7 Å². The lowest BCUT2D eigenvalue weighted by Gasteiger charge is -2.25. The van der Waals surface area contributed by atoms with Gasteiger partial charge in [-0.25, -0.2) is 8.78 Å². The number of carboxylic acid groups (broad SMARTS) is 1. The SMILES string of the molecule is CC(Cc1ccccc1F)(C(=O)O)c1ccc(F)cc1. The van der Waals surface area contributed by atoms with Gasteiger partial charge in [-0.1, -0.05) is 30.3 Å². The first-order valence-corrected chi connectivity index (χ1v) is 6.16. The molecule has 104 valence electrons. The highest BCUT2D eigenvalue weighted by Gasteiger charge is 2.36. The predicted octanol–water partition coefficient (Wildman–Crippen LogP) is 3.55. The van der Waals surface area contributed by atoms with Gasteiger partial charge in [-0.3, -0.25) is 4.79 Å². The fourth-order valence-electron chi connectivity index (χ4n) is 2.14. The van der Waals surface area contributed by atoms with E-state index in [-0.39, 0.29) is 6.42 Å². The summed E-state index contributed by atoms with van der Waals surface area (Å²) in [6.07, 6.45) is 0.000634. The molecule has 0 spiro atoms. The van der Waals surface area contributed by atoms with Crippen LogP contribution >= 0.6 is 0 Å². The Bertz CT molecular complexity index is 623. The van der Waals surface area contributed by atoms with Crippen molar-refractivity contribution >= 4 is 5.97 Å². The molecular weight excluding hydrogens is 262 g/mol. The molecule has 0 saturated heterocycles. The van der Waals surface area contributed by atoms with Gasteiger partial charge in [0.15, 0.2) is 0 Å². The molecule has 0 heterocycles. The Morgan fingerprint density at radius 1 is 1.10 bits per heavy atom. The van der Waals surface area contributed by atoms with Gasteiger partial charge in [-0.2, -0.15) is 0 Å². The van der Waals surface area contributed by atoms with Gasteiger partial charge in [-0.05, 0) is 42.7 Å². The van der Waals surface area contributed by atoms with Gasteiger partial charge in [0.2, 0.25) is 0 Å². The van der Waals surface area contributed by atoms with Gasteiger partial charge in [0.1, 0.15) is 11.6 Å². The summed E-state index contributed by atoms with van der Waals surface area (Å²) in [4.78, 5) is 11.6. The molecule has 0 bridgehead atoms. The Labute approximate surface area is 115 Å². The average Bonchev–Trinajstić information content (AvgIpc) is 2.42. The van der Waals surface area contributed by atoms with Crippen LogP contribution in [-0.4, -0.2) is 11.1 Å². The van der Waals surface area contributed by atoms with Gasteiger partial charge >= 0.3 is 5.97 Å². The van der Waals surface area contributed by atoms with E-state index >= 15 is 0 Å². The molecule has 4 heteroatoms. The van der Waals surface area contributed by atoms with E-state index in [0.29, 0.717) is 11.1 Å². The minimum atomic E-state index is -1.31. The fraction of sp³-hybridized carbons (Fsp3) is 0.188. The van der Waals surface area contributed by atoms with Gasteiger partial charge in [-0.15, -0.1) is 0 Å². The number of hydrogen-bond acceptors (Lipinski definition) is 1. The van der Waals surface area contributed by atoms with Crippen molar-refractivity contribution in [2.75, 3.05) is 0 Å². The second-order valence-corrected chi connectivity index (χ2v) is 4.91. The van der Waals surface area contributed by atoms with E-state index in [4.69, 9.17) is 0 Å². The predicted molar refractivity (Wildman–Crippen MR) is 71.5 cm³/mol. The van der Waals surface area contributed by atoms with Crippen LogP contribution in [0.3, 0.4) is 0 Å². The number of carboxylic acids is 1. The number of benzene rings is 2. The largest absolute Gasteiger partial charge is 0.481 e. The van der Waals surface area contributed by atoms with Crippen LogP contribution in [0.1, 0.15) is 18.1 Å². The van der Waals surface area contributed by atoms with Crippen LogP contribution in [0, 0.1) is 11.6 Å². The Kier molecular flexibility index (Phi) is 3.84. The topological polar surface area (TPSA) is 37.3 Å². The normalized spacial score (nSPS) is 13.8. The summed E-state index contributed by atoms with van der Waals surface area (Å²) < 4.78 is 26.7. The van der Waals surface area contributed by atoms with Crippen LogP contribution in [0.5, 0.6) is 0 Å². The van der Waals surface area contributed by atoms with Crippen molar-refractivity contribution in [3.05, 3.63) is 71.3 Å². The Morgan fingerprint density at radius 3 is 2.25 bits per heavy atom. The lowest BCUT2D eigenvalue weighted by atomic mass is 9.77. The summed E-state index contributed by atoms with van der Waals surface area (Å²) >= 11 is 0. The van der Waals surface area contributed by atoms with Crippen molar-refractivity contribution < 1.29 is 18.7 Å². The summed E-state index contributed by atoms with van der Waals surface area (Å²) in [5, 5.41) is 9.49. The molecule has 1 atom stereocenters. The quantitative estimate of drug-likeness (QED) is 0.927. The third kappa shape index (κ3) is 2.69. The fourth-order valence-corrected chi connectivity index (χ4v) is 2.14. The molecule has 0 radical (unpaired) electrons. The van der Waals surface area contributed by atoms with E-state index < -0.39 is 23.0 Å². The molecular formula is C16H14F2O2. The van der Waals surface area contributed by atoms with Crippen molar-refractivity contribution in [3.63, 3.8) is 0 Å². The second kappa shape index (κ2) is 5.41. The van der Waals surface area contributed by atoms with Crippen LogP contribution in [0.4, 0.5) is 8.78 Å². The maximum absolute atomic E-state index is 13.7. The highest BCUT2D eigenvalue weighted by Crippen LogP contribution is 2.29. The number of rotatable bonds is 4. The van der Waals surface area contributed by atoms with Gasteiger partial charge in [0.05, 0.1) is 5.41 Å². The molecule has 0 aromatic heterocycles. The van der Waals surface area contributed by atoms with E-state index in [0.717, 1.165) is 0 Å². The summed E-state index contributed by atoms with van der Waals surface area (Å²) in [7, 11) is 0. The van der Waals surface area contributed by atoms with Crippen LogP contribution in [0.25, 0.3) is 0 Å². The molecule has 0 amide bonds. The zero-order chi connectivity index (χ0) is 14.8. The highest BCUT2D eigenvalue weighted by molar-refractivity contribution is 5.81. The monoisotopic (exact) mass is 276 g/mol. The molecule has 0 aliphatic rings. The minimum absolute atomic E-state index is 0.000634. The second-order valence-electron chi connectivity index (χ2n) is 4.91. The lowest BCUT2D eigenvalue weighted by molar-refractivity contribution is -0.143. The molecule has 1 unspecified atom stereocenters. The van der Waals surface area contributed by atoms with Crippen LogP contribution < -0.4 is 0 Å². The molecule has 0 saturated carbocycles. The van der Waals surface area contributed by atoms with Crippen molar-refractivity contribution in [1.82, 2.24) is 0 Å². The number of hydrogen-bond donors (Lipinski definition) is 1. The van der Waals surface area contributed by atoms with Crippen LogP contribution in [0.2, 0.25) is 0 Å². The molecule has 2 aromatic carbocycles. The third-order valence-corrected chi connectivity index (χ3v) is 3.46. The molecule has 0 aliphatic carbocycles. The molecule has 20 heavy (non-hydrogen) atoms. The first kappa shape index (κ1) is 14.2. The third-order valence-electron chi connectivity index (χ3n) is 3.46. The van der Waals surface area contributed by atoms with Gasteiger partial charge in [0.25, 0.3) is 0 Å². The van der Waals surface area contributed by atoms with Gasteiger partial charge in [0, 0.05) is 0 Å². The van der Waals surface area contributed by atoms with E-state index in [1.54, 1.807) is 18.2 Å².